The van der Waals surface area contributed by atoms with Gasteiger partial charge in [0.15, 0.2) is 0 Å². The molecule has 0 aliphatic heterocycles. The molecular formula is C12H21N5O2. The molecule has 1 aliphatic carbocycles. The summed E-state index contributed by atoms with van der Waals surface area (Å²) < 4.78 is 0. The van der Waals surface area contributed by atoms with Crippen LogP contribution in [0.3, 0.4) is 0 Å². The molecule has 1 fully saturated rings. The van der Waals surface area contributed by atoms with E-state index in [0.29, 0.717) is 12.8 Å². The van der Waals surface area contributed by atoms with E-state index >= 15 is 0 Å². The largest absolute Gasteiger partial charge is 0.388 e. The van der Waals surface area contributed by atoms with Crippen LogP contribution in [0.1, 0.15) is 50.1 Å². The molecule has 1 aromatic rings. The van der Waals surface area contributed by atoms with Crippen molar-refractivity contribution < 1.29 is 9.90 Å². The number of aromatic nitrogens is 3. The highest BCUT2D eigenvalue weighted by Gasteiger charge is 2.36. The highest BCUT2D eigenvalue weighted by Crippen LogP contribution is 2.39. The lowest BCUT2D eigenvalue weighted by atomic mass is 9.71. The highest BCUT2D eigenvalue weighted by molar-refractivity contribution is 5.90. The van der Waals surface area contributed by atoms with Gasteiger partial charge in [0.05, 0.1) is 5.60 Å². The average Bonchev–Trinajstić information content (AvgIpc) is 2.78. The van der Waals surface area contributed by atoms with Gasteiger partial charge in [-0.1, -0.05) is 13.8 Å². The van der Waals surface area contributed by atoms with Gasteiger partial charge in [0.2, 0.25) is 11.8 Å². The third-order valence-corrected chi connectivity index (χ3v) is 3.83. The molecule has 1 aromatic heterocycles. The normalized spacial score (nSPS) is 21.0. The molecule has 2 rings (SSSR count). The molecule has 1 heterocycles. The van der Waals surface area contributed by atoms with Crippen LogP contribution in [0.15, 0.2) is 0 Å². The van der Waals surface area contributed by atoms with E-state index in [-0.39, 0.29) is 23.7 Å². The van der Waals surface area contributed by atoms with Crippen molar-refractivity contribution in [1.29, 1.82) is 0 Å². The van der Waals surface area contributed by atoms with E-state index in [4.69, 9.17) is 5.73 Å². The molecule has 7 heteroatoms. The Kier molecular flexibility index (Phi) is 3.49. The number of H-pyrrole nitrogens is 1. The van der Waals surface area contributed by atoms with Crippen LogP contribution in [0.2, 0.25) is 0 Å². The molecule has 0 spiro atoms. The van der Waals surface area contributed by atoms with Crippen LogP contribution in [0, 0.1) is 5.41 Å². The van der Waals surface area contributed by atoms with Crippen molar-refractivity contribution in [3.8, 4) is 0 Å². The predicted molar refractivity (Wildman–Crippen MR) is 70.3 cm³/mol. The number of hydrogen-bond acceptors (Lipinski definition) is 5. The number of aliphatic hydroxyl groups is 1. The average molecular weight is 267 g/mol. The summed E-state index contributed by atoms with van der Waals surface area (Å²) in [6.45, 7) is 4.62. The summed E-state index contributed by atoms with van der Waals surface area (Å²) in [7, 11) is 0. The smallest absolute Gasteiger partial charge is 0.288 e. The summed E-state index contributed by atoms with van der Waals surface area (Å²) in [5.74, 6) is -0.303. The Labute approximate surface area is 112 Å². The van der Waals surface area contributed by atoms with Gasteiger partial charge in [-0.3, -0.25) is 9.89 Å². The van der Waals surface area contributed by atoms with Gasteiger partial charge in [-0.05, 0) is 31.1 Å². The van der Waals surface area contributed by atoms with Gasteiger partial charge in [0.1, 0.15) is 0 Å². The maximum absolute atomic E-state index is 11.8. The third-order valence-electron chi connectivity index (χ3n) is 3.83. The molecule has 0 saturated heterocycles. The lowest BCUT2D eigenvalue weighted by Gasteiger charge is -2.40. The summed E-state index contributed by atoms with van der Waals surface area (Å²) in [6.07, 6.45) is 3.29. The molecule has 7 nitrogen and oxygen atoms in total. The number of carbonyl (C=O) groups excluding carboxylic acids is 1. The number of hydrogen-bond donors (Lipinski definition) is 4. The molecule has 5 N–H and O–H groups in total. The second kappa shape index (κ2) is 4.80. The van der Waals surface area contributed by atoms with Crippen LogP contribution in [-0.4, -0.2) is 38.3 Å². The second-order valence-corrected chi connectivity index (χ2v) is 6.11. The minimum atomic E-state index is -0.823. The number of nitrogens with two attached hydrogens (primary N) is 1. The Morgan fingerprint density at radius 1 is 1.42 bits per heavy atom. The number of aromatic amines is 1. The van der Waals surface area contributed by atoms with Crippen LogP contribution in [0.5, 0.6) is 0 Å². The van der Waals surface area contributed by atoms with E-state index in [0.717, 1.165) is 12.8 Å². The zero-order valence-electron chi connectivity index (χ0n) is 11.4. The lowest BCUT2D eigenvalue weighted by Crippen LogP contribution is -2.46. The van der Waals surface area contributed by atoms with E-state index in [1.165, 1.54) is 0 Å². The number of amides is 1. The van der Waals surface area contributed by atoms with Crippen molar-refractivity contribution in [1.82, 2.24) is 20.5 Å². The van der Waals surface area contributed by atoms with Gasteiger partial charge in [-0.15, -0.1) is 5.10 Å². The minimum absolute atomic E-state index is 0.0308. The van der Waals surface area contributed by atoms with Crippen molar-refractivity contribution in [3.05, 3.63) is 5.82 Å². The number of nitrogen functional groups attached to an aromatic ring is 1. The van der Waals surface area contributed by atoms with Crippen molar-refractivity contribution in [2.75, 3.05) is 12.3 Å². The van der Waals surface area contributed by atoms with E-state index < -0.39 is 11.5 Å². The van der Waals surface area contributed by atoms with Crippen LogP contribution in [0.4, 0.5) is 5.95 Å². The van der Waals surface area contributed by atoms with Gasteiger partial charge >= 0.3 is 0 Å². The first-order chi connectivity index (χ1) is 8.80. The van der Waals surface area contributed by atoms with E-state index in [9.17, 15) is 9.90 Å². The van der Waals surface area contributed by atoms with Crippen molar-refractivity contribution in [2.45, 2.75) is 45.1 Å². The van der Waals surface area contributed by atoms with Crippen LogP contribution >= 0.6 is 0 Å². The topological polar surface area (TPSA) is 117 Å². The first-order valence-electron chi connectivity index (χ1n) is 6.48. The van der Waals surface area contributed by atoms with Crippen LogP contribution in [-0.2, 0) is 0 Å². The quantitative estimate of drug-likeness (QED) is 0.634. The fourth-order valence-electron chi connectivity index (χ4n) is 2.27. The maximum Gasteiger partial charge on any atom is 0.288 e. The molecule has 0 radical (unpaired) electrons. The van der Waals surface area contributed by atoms with Crippen LogP contribution in [0.25, 0.3) is 0 Å². The molecule has 106 valence electrons. The number of carbonyl (C=O) groups is 1. The highest BCUT2D eigenvalue weighted by atomic mass is 16.3. The fourth-order valence-corrected chi connectivity index (χ4v) is 2.27. The van der Waals surface area contributed by atoms with Gasteiger partial charge in [0.25, 0.3) is 5.91 Å². The van der Waals surface area contributed by atoms with E-state index in [1.807, 2.05) is 0 Å². The monoisotopic (exact) mass is 267 g/mol. The summed E-state index contributed by atoms with van der Waals surface area (Å²) in [5.41, 5.74) is 4.78. The summed E-state index contributed by atoms with van der Waals surface area (Å²) in [6, 6.07) is 0. The lowest BCUT2D eigenvalue weighted by molar-refractivity contribution is -0.0233. The summed E-state index contributed by atoms with van der Waals surface area (Å²) in [4.78, 5) is 15.5. The molecular weight excluding hydrogens is 246 g/mol. The third kappa shape index (κ3) is 3.44. The zero-order valence-corrected chi connectivity index (χ0v) is 11.4. The Bertz CT molecular complexity index is 458. The van der Waals surface area contributed by atoms with Crippen LogP contribution < -0.4 is 11.1 Å². The first kappa shape index (κ1) is 13.8. The Hall–Kier alpha value is -1.63. The summed E-state index contributed by atoms with van der Waals surface area (Å²) in [5, 5.41) is 19.1. The molecule has 19 heavy (non-hydrogen) atoms. The Morgan fingerprint density at radius 3 is 2.58 bits per heavy atom. The molecule has 0 atom stereocenters. The van der Waals surface area contributed by atoms with Crippen molar-refractivity contribution in [2.24, 2.45) is 5.41 Å². The zero-order chi connectivity index (χ0) is 14.1. The fraction of sp³-hybridized carbons (Fsp3) is 0.750. The Balaban J connectivity index is 1.87. The number of nitrogens with zero attached hydrogens (tertiary/aromatic N) is 2. The molecule has 1 amide bonds. The van der Waals surface area contributed by atoms with Crippen molar-refractivity contribution >= 4 is 11.9 Å². The molecule has 0 unspecified atom stereocenters. The van der Waals surface area contributed by atoms with Gasteiger partial charge in [-0.2, -0.15) is 4.98 Å². The van der Waals surface area contributed by atoms with Gasteiger partial charge < -0.3 is 16.2 Å². The SMILES string of the molecule is CC1(C)CCC(O)(CNC(=O)c2nc(N)n[nH]2)CC1. The number of nitrogens with one attached hydrogen (secondary N) is 2. The molecule has 1 saturated carbocycles. The molecule has 1 aliphatic rings. The minimum Gasteiger partial charge on any atom is -0.388 e. The maximum atomic E-state index is 11.8. The molecule has 0 bridgehead atoms. The first-order valence-corrected chi connectivity index (χ1v) is 6.48. The second-order valence-electron chi connectivity index (χ2n) is 6.11. The van der Waals surface area contributed by atoms with E-state index in [1.54, 1.807) is 0 Å². The number of rotatable bonds is 3. The standard InChI is InChI=1S/C12H21N5O2/c1-11(2)3-5-12(19,6-4-11)7-14-9(18)8-15-10(13)17-16-8/h19H,3-7H2,1-2H3,(H,14,18)(H3,13,15,16,17). The summed E-state index contributed by atoms with van der Waals surface area (Å²) >= 11 is 0. The Morgan fingerprint density at radius 2 is 2.05 bits per heavy atom. The molecule has 0 aromatic carbocycles. The number of anilines is 1. The van der Waals surface area contributed by atoms with E-state index in [2.05, 4.69) is 34.3 Å². The van der Waals surface area contributed by atoms with Gasteiger partial charge in [-0.25, -0.2) is 0 Å². The van der Waals surface area contributed by atoms with Gasteiger partial charge in [0, 0.05) is 6.54 Å². The van der Waals surface area contributed by atoms with Crippen molar-refractivity contribution in [3.63, 3.8) is 0 Å². The predicted octanol–water partition coefficient (Wildman–Crippen LogP) is 0.448.